The molecule has 0 unspecified atom stereocenters. The van der Waals surface area contributed by atoms with E-state index in [4.69, 9.17) is 0 Å². The Bertz CT molecular complexity index is 871. The summed E-state index contributed by atoms with van der Waals surface area (Å²) >= 11 is 0. The minimum absolute atomic E-state index is 0.190. The number of piperazine rings is 1. The van der Waals surface area contributed by atoms with Gasteiger partial charge in [-0.15, -0.1) is 5.10 Å². The average molecular weight is 381 g/mol. The summed E-state index contributed by atoms with van der Waals surface area (Å²) in [6.45, 7) is 6.79. The van der Waals surface area contributed by atoms with E-state index in [0.717, 1.165) is 44.1 Å². The predicted octanol–water partition coefficient (Wildman–Crippen LogP) is 1.72. The Morgan fingerprint density at radius 1 is 1.04 bits per heavy atom. The lowest BCUT2D eigenvalue weighted by Crippen LogP contribution is -3.15. The van der Waals surface area contributed by atoms with Crippen molar-refractivity contribution in [2.45, 2.75) is 25.9 Å². The van der Waals surface area contributed by atoms with Gasteiger partial charge in [-0.25, -0.2) is 9.07 Å². The summed E-state index contributed by atoms with van der Waals surface area (Å²) < 4.78 is 15.1. The fraction of sp³-hybridized carbons (Fsp3) is 0.381. The number of halogens is 1. The van der Waals surface area contributed by atoms with E-state index in [1.54, 1.807) is 0 Å². The smallest absolute Gasteiger partial charge is 0.209 e. The molecule has 0 amide bonds. The fourth-order valence-corrected chi connectivity index (χ4v) is 4.04. The van der Waals surface area contributed by atoms with E-state index < -0.39 is 0 Å². The van der Waals surface area contributed by atoms with Crippen molar-refractivity contribution in [3.63, 3.8) is 0 Å². The van der Waals surface area contributed by atoms with Gasteiger partial charge in [0.05, 0.1) is 32.7 Å². The molecule has 0 saturated carbocycles. The van der Waals surface area contributed by atoms with Gasteiger partial charge in [0.15, 0.2) is 0 Å². The van der Waals surface area contributed by atoms with Gasteiger partial charge in [0.25, 0.3) is 0 Å². The molecule has 7 heteroatoms. The number of anilines is 1. The number of nitrogens with zero attached hydrogens (tertiary/aromatic N) is 5. The maximum atomic E-state index is 13.2. The van der Waals surface area contributed by atoms with Crippen LogP contribution in [0.15, 0.2) is 54.6 Å². The Hall–Kier alpha value is -2.80. The first kappa shape index (κ1) is 18.6. The van der Waals surface area contributed by atoms with E-state index in [2.05, 4.69) is 39.5 Å². The van der Waals surface area contributed by atoms with Crippen molar-refractivity contribution in [3.05, 3.63) is 71.8 Å². The molecule has 2 aromatic carbocycles. The first-order valence-electron chi connectivity index (χ1n) is 9.89. The highest BCUT2D eigenvalue weighted by atomic mass is 19.1. The molecule has 28 heavy (non-hydrogen) atoms. The van der Waals surface area contributed by atoms with E-state index >= 15 is 0 Å². The molecule has 3 aromatic rings. The van der Waals surface area contributed by atoms with Crippen LogP contribution in [0.1, 0.15) is 30.8 Å². The van der Waals surface area contributed by atoms with E-state index in [-0.39, 0.29) is 11.9 Å². The van der Waals surface area contributed by atoms with Gasteiger partial charge in [0, 0.05) is 12.1 Å². The topological polar surface area (TPSA) is 51.3 Å². The van der Waals surface area contributed by atoms with Crippen molar-refractivity contribution in [2.24, 2.45) is 0 Å². The Labute approximate surface area is 164 Å². The molecule has 0 aliphatic carbocycles. The Kier molecular flexibility index (Phi) is 5.62. The van der Waals surface area contributed by atoms with Crippen molar-refractivity contribution in [1.82, 2.24) is 20.2 Å². The number of aromatic nitrogens is 4. The van der Waals surface area contributed by atoms with Crippen LogP contribution in [0.3, 0.4) is 0 Å². The zero-order valence-corrected chi connectivity index (χ0v) is 16.1. The van der Waals surface area contributed by atoms with Crippen LogP contribution in [-0.2, 0) is 6.54 Å². The molecular formula is C21H26FN6+. The van der Waals surface area contributed by atoms with Crippen LogP contribution in [0.2, 0.25) is 0 Å². The zero-order chi connectivity index (χ0) is 19.3. The molecule has 6 nitrogen and oxygen atoms in total. The Morgan fingerprint density at radius 2 is 1.75 bits per heavy atom. The van der Waals surface area contributed by atoms with Crippen LogP contribution in [0.25, 0.3) is 0 Å². The van der Waals surface area contributed by atoms with Gasteiger partial charge < -0.3 is 9.80 Å². The van der Waals surface area contributed by atoms with Gasteiger partial charge in [-0.1, -0.05) is 37.3 Å². The van der Waals surface area contributed by atoms with Gasteiger partial charge >= 0.3 is 0 Å². The van der Waals surface area contributed by atoms with Gasteiger partial charge in [-0.05, 0) is 40.3 Å². The summed E-state index contributed by atoms with van der Waals surface area (Å²) in [5, 5.41) is 12.6. The third-order valence-electron chi connectivity index (χ3n) is 5.54. The second-order valence-electron chi connectivity index (χ2n) is 7.26. The lowest BCUT2D eigenvalue weighted by Gasteiger charge is -2.36. The Morgan fingerprint density at radius 3 is 2.43 bits per heavy atom. The molecule has 0 bridgehead atoms. The average Bonchev–Trinajstić information content (AvgIpc) is 3.18. The molecule has 0 spiro atoms. The van der Waals surface area contributed by atoms with Crippen molar-refractivity contribution in [2.75, 3.05) is 31.1 Å². The highest BCUT2D eigenvalue weighted by Crippen LogP contribution is 2.16. The third-order valence-corrected chi connectivity index (χ3v) is 5.54. The highest BCUT2D eigenvalue weighted by molar-refractivity contribution is 5.46. The lowest BCUT2D eigenvalue weighted by atomic mass is 10.1. The maximum Gasteiger partial charge on any atom is 0.209 e. The Balaban J connectivity index is 1.44. The standard InChI is InChI=1S/C21H25FN6/c1-2-20(21-23-24-25-28(21)16-17-6-4-3-5-7-17)27-14-12-26(13-15-27)19-10-8-18(22)9-11-19/h3-11,20H,2,12-16H2,1H3/p+1/t20-/m0/s1. The third kappa shape index (κ3) is 4.04. The van der Waals surface area contributed by atoms with Gasteiger partial charge in [0.2, 0.25) is 5.82 Å². The molecule has 1 saturated heterocycles. The highest BCUT2D eigenvalue weighted by Gasteiger charge is 2.31. The SMILES string of the molecule is CC[C@@H](c1nnnn1Cc1ccccc1)[NH+]1CCN(c2ccc(F)cc2)CC1. The first-order valence-corrected chi connectivity index (χ1v) is 9.89. The molecule has 1 N–H and O–H groups in total. The second-order valence-corrected chi connectivity index (χ2v) is 7.26. The molecule has 1 aliphatic heterocycles. The molecule has 146 valence electrons. The fourth-order valence-electron chi connectivity index (χ4n) is 4.04. The quantitative estimate of drug-likeness (QED) is 0.706. The van der Waals surface area contributed by atoms with Crippen LogP contribution < -0.4 is 9.80 Å². The van der Waals surface area contributed by atoms with Crippen LogP contribution >= 0.6 is 0 Å². The minimum Gasteiger partial charge on any atom is -0.360 e. The summed E-state index contributed by atoms with van der Waals surface area (Å²) in [6, 6.07) is 17.3. The molecule has 1 atom stereocenters. The van der Waals surface area contributed by atoms with Crippen LogP contribution in [0, 0.1) is 5.82 Å². The van der Waals surface area contributed by atoms with Gasteiger partial charge in [-0.3, -0.25) is 0 Å². The summed E-state index contributed by atoms with van der Waals surface area (Å²) in [7, 11) is 0. The predicted molar refractivity (Wildman–Crippen MR) is 106 cm³/mol. The van der Waals surface area contributed by atoms with Crippen LogP contribution in [0.4, 0.5) is 10.1 Å². The largest absolute Gasteiger partial charge is 0.360 e. The number of tetrazole rings is 1. The molecule has 2 heterocycles. The van der Waals surface area contributed by atoms with Crippen LogP contribution in [0.5, 0.6) is 0 Å². The van der Waals surface area contributed by atoms with E-state index in [1.165, 1.54) is 22.6 Å². The summed E-state index contributed by atoms with van der Waals surface area (Å²) in [5.74, 6) is 0.765. The zero-order valence-electron chi connectivity index (χ0n) is 16.1. The number of benzene rings is 2. The normalized spacial score (nSPS) is 16.3. The van der Waals surface area contributed by atoms with Crippen LogP contribution in [-0.4, -0.2) is 46.4 Å². The van der Waals surface area contributed by atoms with Crippen molar-refractivity contribution in [1.29, 1.82) is 0 Å². The minimum atomic E-state index is -0.190. The summed E-state index contributed by atoms with van der Waals surface area (Å²) in [5.41, 5.74) is 2.28. The second kappa shape index (κ2) is 8.48. The molecule has 1 aliphatic rings. The number of hydrogen-bond acceptors (Lipinski definition) is 4. The van der Waals surface area contributed by atoms with E-state index in [0.29, 0.717) is 6.54 Å². The van der Waals surface area contributed by atoms with Gasteiger partial charge in [0.1, 0.15) is 11.9 Å². The lowest BCUT2D eigenvalue weighted by molar-refractivity contribution is -0.933. The molecule has 1 fully saturated rings. The molecule has 4 rings (SSSR count). The molecular weight excluding hydrogens is 355 g/mol. The van der Waals surface area contributed by atoms with Crippen molar-refractivity contribution in [3.8, 4) is 0 Å². The number of rotatable bonds is 6. The van der Waals surface area contributed by atoms with Crippen molar-refractivity contribution >= 4 is 5.69 Å². The monoisotopic (exact) mass is 381 g/mol. The number of nitrogens with one attached hydrogen (secondary N) is 1. The maximum absolute atomic E-state index is 13.2. The number of quaternary nitrogens is 1. The van der Waals surface area contributed by atoms with E-state index in [1.807, 2.05) is 35.0 Å². The summed E-state index contributed by atoms with van der Waals surface area (Å²) in [6.07, 6.45) is 0.987. The molecule has 1 aromatic heterocycles. The van der Waals surface area contributed by atoms with Crippen molar-refractivity contribution < 1.29 is 9.29 Å². The number of hydrogen-bond donors (Lipinski definition) is 1. The molecule has 0 radical (unpaired) electrons. The van der Waals surface area contributed by atoms with E-state index in [9.17, 15) is 4.39 Å². The first-order chi connectivity index (χ1) is 13.7. The summed E-state index contributed by atoms with van der Waals surface area (Å²) in [4.78, 5) is 3.83. The van der Waals surface area contributed by atoms with Gasteiger partial charge in [-0.2, -0.15) is 0 Å².